The number of hydrogen-bond donors (Lipinski definition) is 0. The van der Waals surface area contributed by atoms with Crippen LogP contribution >= 0.6 is 0 Å². The van der Waals surface area contributed by atoms with E-state index in [1.165, 1.54) is 0 Å². The number of methoxy groups -OCH3 is 1. The third kappa shape index (κ3) is 3.30. The molecule has 0 unspecified atom stereocenters. The van der Waals surface area contributed by atoms with Crippen LogP contribution in [-0.4, -0.2) is 18.2 Å². The largest absolute Gasteiger partial charge is 0.497 e. The van der Waals surface area contributed by atoms with Crippen LogP contribution < -0.4 is 9.47 Å². The zero-order valence-corrected chi connectivity index (χ0v) is 13.7. The van der Waals surface area contributed by atoms with Gasteiger partial charge in [0.25, 0.3) is 0 Å². The van der Waals surface area contributed by atoms with Crippen LogP contribution in [0.3, 0.4) is 0 Å². The molecule has 1 heterocycles. The monoisotopic (exact) mass is 323 g/mol. The van der Waals surface area contributed by atoms with Gasteiger partial charge in [0.2, 0.25) is 0 Å². The van der Waals surface area contributed by atoms with Crippen LogP contribution in [-0.2, 0) is 0 Å². The molecule has 3 rings (SSSR count). The van der Waals surface area contributed by atoms with Gasteiger partial charge in [-0.2, -0.15) is 0 Å². The molecule has 0 amide bonds. The van der Waals surface area contributed by atoms with Gasteiger partial charge in [0.05, 0.1) is 7.11 Å². The first kappa shape index (κ1) is 15.8. The van der Waals surface area contributed by atoms with Crippen molar-refractivity contribution < 1.29 is 18.8 Å². The summed E-state index contributed by atoms with van der Waals surface area (Å²) in [6, 6.07) is 14.3. The molecule has 5 nitrogen and oxygen atoms in total. The van der Waals surface area contributed by atoms with Gasteiger partial charge in [0.1, 0.15) is 11.5 Å². The second-order valence-electron chi connectivity index (χ2n) is 5.44. The van der Waals surface area contributed by atoms with Crippen molar-refractivity contribution >= 4 is 5.97 Å². The minimum Gasteiger partial charge on any atom is -0.497 e. The first-order valence-corrected chi connectivity index (χ1v) is 7.47. The summed E-state index contributed by atoms with van der Waals surface area (Å²) in [5.74, 6) is 1.16. The van der Waals surface area contributed by atoms with Crippen molar-refractivity contribution in [2.75, 3.05) is 7.11 Å². The predicted molar refractivity (Wildman–Crippen MR) is 89.4 cm³/mol. The average Bonchev–Trinajstić information content (AvgIpc) is 3.08. The topological polar surface area (TPSA) is 61.6 Å². The van der Waals surface area contributed by atoms with E-state index in [1.807, 2.05) is 50.2 Å². The smallest absolute Gasteiger partial charge is 0.365 e. The minimum absolute atomic E-state index is 0.124. The van der Waals surface area contributed by atoms with Crippen molar-refractivity contribution in [1.29, 1.82) is 0 Å². The zero-order chi connectivity index (χ0) is 17.1. The predicted octanol–water partition coefficient (Wildman–Crippen LogP) is 4.19. The fraction of sp³-hybridized carbons (Fsp3) is 0.158. The van der Waals surface area contributed by atoms with Gasteiger partial charge in [-0.05, 0) is 61.4 Å². The molecule has 0 bridgehead atoms. The lowest BCUT2D eigenvalue weighted by molar-refractivity contribution is 0.0724. The molecule has 0 saturated carbocycles. The standard InChI is InChI=1S/C19H17NO4/c1-12-4-7-16(10-13(12)2)23-19(21)17-11-18(24-20-17)14-5-8-15(22-3)9-6-14/h4-11H,1-3H3. The molecule has 0 spiro atoms. The van der Waals surface area contributed by atoms with E-state index in [1.54, 1.807) is 19.2 Å². The molecule has 0 aliphatic rings. The number of aromatic nitrogens is 1. The molecular weight excluding hydrogens is 306 g/mol. The fourth-order valence-electron chi connectivity index (χ4n) is 2.20. The lowest BCUT2D eigenvalue weighted by Gasteiger charge is -2.04. The van der Waals surface area contributed by atoms with Crippen LogP contribution in [0.5, 0.6) is 11.5 Å². The highest BCUT2D eigenvalue weighted by Crippen LogP contribution is 2.24. The van der Waals surface area contributed by atoms with Gasteiger partial charge >= 0.3 is 5.97 Å². The number of carbonyl (C=O) groups is 1. The number of ether oxygens (including phenoxy) is 2. The summed E-state index contributed by atoms with van der Waals surface area (Å²) in [7, 11) is 1.60. The number of benzene rings is 2. The van der Waals surface area contributed by atoms with E-state index in [0.29, 0.717) is 11.5 Å². The van der Waals surface area contributed by atoms with Gasteiger partial charge < -0.3 is 14.0 Å². The Hall–Kier alpha value is -3.08. The molecule has 0 N–H and O–H groups in total. The number of rotatable bonds is 4. The summed E-state index contributed by atoms with van der Waals surface area (Å²) in [6.45, 7) is 3.96. The maximum Gasteiger partial charge on any atom is 0.365 e. The van der Waals surface area contributed by atoms with Crippen molar-refractivity contribution in [2.24, 2.45) is 0 Å². The molecule has 5 heteroatoms. The Bertz CT molecular complexity index is 865. The van der Waals surface area contributed by atoms with E-state index in [2.05, 4.69) is 5.16 Å². The molecule has 0 aliphatic heterocycles. The molecule has 0 radical (unpaired) electrons. The van der Waals surface area contributed by atoms with Crippen LogP contribution in [0.25, 0.3) is 11.3 Å². The Morgan fingerprint density at radius 2 is 1.67 bits per heavy atom. The van der Waals surface area contributed by atoms with Gasteiger partial charge in [-0.1, -0.05) is 11.2 Å². The summed E-state index contributed by atoms with van der Waals surface area (Å²) in [5, 5.41) is 3.79. The maximum absolute atomic E-state index is 12.2. The summed E-state index contributed by atoms with van der Waals surface area (Å²) in [5.41, 5.74) is 3.12. The van der Waals surface area contributed by atoms with Crippen LogP contribution in [0.2, 0.25) is 0 Å². The molecule has 0 fully saturated rings. The van der Waals surface area contributed by atoms with E-state index < -0.39 is 5.97 Å². The second kappa shape index (κ2) is 6.58. The maximum atomic E-state index is 12.2. The zero-order valence-electron chi connectivity index (χ0n) is 13.7. The van der Waals surface area contributed by atoms with Crippen molar-refractivity contribution in [1.82, 2.24) is 5.16 Å². The number of carbonyl (C=O) groups excluding carboxylic acids is 1. The van der Waals surface area contributed by atoms with Gasteiger partial charge in [-0.25, -0.2) is 4.79 Å². The third-order valence-corrected chi connectivity index (χ3v) is 3.78. The Balaban J connectivity index is 1.76. The van der Waals surface area contributed by atoms with E-state index in [-0.39, 0.29) is 5.69 Å². The SMILES string of the molecule is COc1ccc(-c2cc(C(=O)Oc3ccc(C)c(C)c3)no2)cc1. The van der Waals surface area contributed by atoms with E-state index in [9.17, 15) is 4.79 Å². The first-order valence-electron chi connectivity index (χ1n) is 7.47. The van der Waals surface area contributed by atoms with E-state index >= 15 is 0 Å². The Morgan fingerprint density at radius 3 is 2.33 bits per heavy atom. The number of hydrogen-bond acceptors (Lipinski definition) is 5. The lowest BCUT2D eigenvalue weighted by Crippen LogP contribution is -2.08. The second-order valence-corrected chi connectivity index (χ2v) is 5.44. The molecule has 3 aromatic rings. The fourth-order valence-corrected chi connectivity index (χ4v) is 2.20. The average molecular weight is 323 g/mol. The number of esters is 1. The summed E-state index contributed by atoms with van der Waals surface area (Å²) < 4.78 is 15.7. The molecule has 0 aliphatic carbocycles. The molecular formula is C19H17NO4. The lowest BCUT2D eigenvalue weighted by atomic mass is 10.1. The van der Waals surface area contributed by atoms with Crippen molar-refractivity contribution in [3.8, 4) is 22.8 Å². The Morgan fingerprint density at radius 1 is 0.958 bits per heavy atom. The number of aryl methyl sites for hydroxylation is 2. The van der Waals surface area contributed by atoms with Crippen LogP contribution in [0.1, 0.15) is 21.6 Å². The highest BCUT2D eigenvalue weighted by molar-refractivity contribution is 5.90. The molecule has 0 atom stereocenters. The molecule has 24 heavy (non-hydrogen) atoms. The quantitative estimate of drug-likeness (QED) is 0.532. The summed E-state index contributed by atoms with van der Waals surface area (Å²) in [4.78, 5) is 12.2. The number of nitrogens with zero attached hydrogens (tertiary/aromatic N) is 1. The molecule has 122 valence electrons. The molecule has 1 aromatic heterocycles. The van der Waals surface area contributed by atoms with Crippen LogP contribution in [0.15, 0.2) is 53.1 Å². The Kier molecular flexibility index (Phi) is 4.33. The van der Waals surface area contributed by atoms with Crippen LogP contribution in [0, 0.1) is 13.8 Å². The van der Waals surface area contributed by atoms with Gasteiger partial charge in [0, 0.05) is 11.6 Å². The summed E-state index contributed by atoms with van der Waals surface area (Å²) >= 11 is 0. The molecule has 2 aromatic carbocycles. The van der Waals surface area contributed by atoms with Crippen molar-refractivity contribution in [3.63, 3.8) is 0 Å². The van der Waals surface area contributed by atoms with E-state index in [0.717, 1.165) is 22.4 Å². The van der Waals surface area contributed by atoms with E-state index in [4.69, 9.17) is 14.0 Å². The Labute approximate surface area is 139 Å². The highest BCUT2D eigenvalue weighted by Gasteiger charge is 2.16. The molecule has 0 saturated heterocycles. The van der Waals surface area contributed by atoms with Gasteiger partial charge in [-0.15, -0.1) is 0 Å². The van der Waals surface area contributed by atoms with Gasteiger partial charge in [0.15, 0.2) is 11.5 Å². The van der Waals surface area contributed by atoms with Crippen LogP contribution in [0.4, 0.5) is 0 Å². The third-order valence-electron chi connectivity index (χ3n) is 3.78. The summed E-state index contributed by atoms with van der Waals surface area (Å²) in [6.07, 6.45) is 0. The van der Waals surface area contributed by atoms with Crippen molar-refractivity contribution in [3.05, 3.63) is 65.4 Å². The van der Waals surface area contributed by atoms with Gasteiger partial charge in [-0.3, -0.25) is 0 Å². The minimum atomic E-state index is -0.554. The highest BCUT2D eigenvalue weighted by atomic mass is 16.5. The van der Waals surface area contributed by atoms with Crippen molar-refractivity contribution in [2.45, 2.75) is 13.8 Å². The normalized spacial score (nSPS) is 10.5. The first-order chi connectivity index (χ1) is 11.6.